The van der Waals surface area contributed by atoms with Crippen molar-refractivity contribution in [1.29, 1.82) is 0 Å². The summed E-state index contributed by atoms with van der Waals surface area (Å²) in [5.41, 5.74) is 1.96. The van der Waals surface area contributed by atoms with Crippen molar-refractivity contribution in [3.63, 3.8) is 0 Å². The monoisotopic (exact) mass is 267 g/mol. The fourth-order valence-corrected chi connectivity index (χ4v) is 2.16. The number of aryl methyl sites for hydroxylation is 2. The molecule has 0 radical (unpaired) electrons. The van der Waals surface area contributed by atoms with Gasteiger partial charge in [0.2, 0.25) is 0 Å². The average Bonchev–Trinajstić information content (AvgIpc) is 2.62. The summed E-state index contributed by atoms with van der Waals surface area (Å²) >= 11 is 0. The van der Waals surface area contributed by atoms with E-state index in [9.17, 15) is 9.59 Å². The first-order chi connectivity index (χ1) is 8.92. The smallest absolute Gasteiger partial charge is 0.323 e. The lowest BCUT2D eigenvalue weighted by Crippen LogP contribution is -2.36. The largest absolute Gasteiger partial charge is 0.480 e. The molecule has 6 heteroatoms. The van der Waals surface area contributed by atoms with Gasteiger partial charge in [-0.15, -0.1) is 0 Å². The van der Waals surface area contributed by atoms with Gasteiger partial charge in [-0.05, 0) is 27.2 Å². The molecule has 106 valence electrons. The summed E-state index contributed by atoms with van der Waals surface area (Å²) in [5.74, 6) is -1.25. The van der Waals surface area contributed by atoms with Crippen molar-refractivity contribution >= 4 is 11.9 Å². The number of carbonyl (C=O) groups is 2. The molecule has 1 aromatic rings. The van der Waals surface area contributed by atoms with Gasteiger partial charge in [-0.2, -0.15) is 5.10 Å². The van der Waals surface area contributed by atoms with Crippen molar-refractivity contribution in [2.24, 2.45) is 0 Å². The van der Waals surface area contributed by atoms with Crippen molar-refractivity contribution in [3.05, 3.63) is 17.0 Å². The highest BCUT2D eigenvalue weighted by atomic mass is 16.4. The van der Waals surface area contributed by atoms with E-state index in [-0.39, 0.29) is 12.5 Å². The van der Waals surface area contributed by atoms with Crippen LogP contribution in [0.4, 0.5) is 0 Å². The molecule has 1 N–H and O–H groups in total. The maximum atomic E-state index is 12.5. The van der Waals surface area contributed by atoms with Crippen LogP contribution in [0.15, 0.2) is 0 Å². The molecule has 0 saturated carbocycles. The Morgan fingerprint density at radius 1 is 1.32 bits per heavy atom. The molecule has 1 amide bonds. The summed E-state index contributed by atoms with van der Waals surface area (Å²) in [6.07, 6.45) is 0.721. The Bertz CT molecular complexity index is 480. The van der Waals surface area contributed by atoms with Crippen LogP contribution in [0.3, 0.4) is 0 Å². The van der Waals surface area contributed by atoms with E-state index in [1.54, 1.807) is 11.6 Å². The number of hydrogen-bond acceptors (Lipinski definition) is 3. The van der Waals surface area contributed by atoms with Crippen LogP contribution in [0, 0.1) is 13.8 Å². The van der Waals surface area contributed by atoms with Gasteiger partial charge in [-0.25, -0.2) is 0 Å². The molecule has 1 aromatic heterocycles. The molecule has 0 aromatic carbocycles. The van der Waals surface area contributed by atoms with Crippen molar-refractivity contribution in [1.82, 2.24) is 14.7 Å². The first-order valence-corrected chi connectivity index (χ1v) is 6.47. The van der Waals surface area contributed by atoms with E-state index in [1.165, 1.54) is 4.90 Å². The maximum Gasteiger partial charge on any atom is 0.323 e. The van der Waals surface area contributed by atoms with Crippen molar-refractivity contribution < 1.29 is 14.7 Å². The van der Waals surface area contributed by atoms with Gasteiger partial charge < -0.3 is 10.0 Å². The molecular weight excluding hydrogens is 246 g/mol. The molecule has 19 heavy (non-hydrogen) atoms. The van der Waals surface area contributed by atoms with Crippen LogP contribution in [-0.4, -0.2) is 44.8 Å². The molecule has 0 spiro atoms. The quantitative estimate of drug-likeness (QED) is 0.846. The summed E-state index contributed by atoms with van der Waals surface area (Å²) in [6, 6.07) is 0. The van der Waals surface area contributed by atoms with Gasteiger partial charge >= 0.3 is 5.97 Å². The number of hydrogen-bond donors (Lipinski definition) is 1. The van der Waals surface area contributed by atoms with Crippen molar-refractivity contribution in [2.75, 3.05) is 13.1 Å². The molecule has 0 aliphatic rings. The minimum Gasteiger partial charge on any atom is -0.480 e. The average molecular weight is 267 g/mol. The number of carboxylic acids is 1. The topological polar surface area (TPSA) is 75.4 Å². The van der Waals surface area contributed by atoms with Crippen LogP contribution in [0.5, 0.6) is 0 Å². The normalized spacial score (nSPS) is 10.5. The van der Waals surface area contributed by atoms with Crippen LogP contribution in [0.25, 0.3) is 0 Å². The van der Waals surface area contributed by atoms with E-state index >= 15 is 0 Å². The summed E-state index contributed by atoms with van der Waals surface area (Å²) < 4.78 is 1.76. The first-order valence-electron chi connectivity index (χ1n) is 6.47. The second-order valence-corrected chi connectivity index (χ2v) is 4.48. The molecule has 0 bridgehead atoms. The molecule has 0 aliphatic heterocycles. The zero-order valence-corrected chi connectivity index (χ0v) is 11.9. The van der Waals surface area contributed by atoms with E-state index in [2.05, 4.69) is 5.10 Å². The first kappa shape index (κ1) is 15.2. The zero-order chi connectivity index (χ0) is 14.6. The lowest BCUT2D eigenvalue weighted by atomic mass is 10.1. The van der Waals surface area contributed by atoms with Gasteiger partial charge in [-0.1, -0.05) is 6.92 Å². The third-order valence-electron chi connectivity index (χ3n) is 3.00. The molecule has 0 aliphatic carbocycles. The fourth-order valence-electron chi connectivity index (χ4n) is 2.16. The highest BCUT2D eigenvalue weighted by Gasteiger charge is 2.24. The Morgan fingerprint density at radius 2 is 1.95 bits per heavy atom. The van der Waals surface area contributed by atoms with E-state index < -0.39 is 5.97 Å². The lowest BCUT2D eigenvalue weighted by Gasteiger charge is -2.20. The van der Waals surface area contributed by atoms with Gasteiger partial charge in [0, 0.05) is 18.8 Å². The zero-order valence-electron chi connectivity index (χ0n) is 11.9. The number of aromatic nitrogens is 2. The molecule has 1 heterocycles. The number of nitrogens with zero attached hydrogens (tertiary/aromatic N) is 3. The Morgan fingerprint density at radius 3 is 2.37 bits per heavy atom. The number of amides is 1. The molecule has 0 unspecified atom stereocenters. The van der Waals surface area contributed by atoms with Gasteiger partial charge in [0.05, 0.1) is 11.3 Å². The highest BCUT2D eigenvalue weighted by molar-refractivity contribution is 5.97. The Hall–Kier alpha value is -1.85. The van der Waals surface area contributed by atoms with E-state index in [0.717, 1.165) is 12.1 Å². The van der Waals surface area contributed by atoms with Gasteiger partial charge in [0.1, 0.15) is 6.54 Å². The van der Waals surface area contributed by atoms with E-state index in [4.69, 9.17) is 5.11 Å². The molecule has 0 saturated heterocycles. The number of aliphatic carboxylic acids is 1. The number of carbonyl (C=O) groups excluding carboxylic acids is 1. The van der Waals surface area contributed by atoms with Crippen LogP contribution < -0.4 is 0 Å². The van der Waals surface area contributed by atoms with E-state index in [1.807, 2.05) is 20.8 Å². The second kappa shape index (κ2) is 6.36. The third-order valence-corrected chi connectivity index (χ3v) is 3.00. The lowest BCUT2D eigenvalue weighted by molar-refractivity contribution is -0.137. The second-order valence-electron chi connectivity index (χ2n) is 4.48. The standard InChI is InChI=1S/C13H21N3O3/c1-5-7-15(8-11(17)18)13(19)12-9(3)14-16(6-2)10(12)4/h5-8H2,1-4H3,(H,17,18). The molecule has 0 fully saturated rings. The van der Waals surface area contributed by atoms with Gasteiger partial charge in [0.25, 0.3) is 5.91 Å². The molecule has 1 rings (SSSR count). The Kier molecular flexibility index (Phi) is 5.09. The number of rotatable bonds is 6. The molecule has 6 nitrogen and oxygen atoms in total. The van der Waals surface area contributed by atoms with E-state index in [0.29, 0.717) is 24.3 Å². The van der Waals surface area contributed by atoms with Crippen molar-refractivity contribution in [2.45, 2.75) is 40.7 Å². The van der Waals surface area contributed by atoms with Gasteiger partial charge in [0.15, 0.2) is 0 Å². The maximum absolute atomic E-state index is 12.5. The molecule has 0 atom stereocenters. The SMILES string of the molecule is CCCN(CC(=O)O)C(=O)c1c(C)nn(CC)c1C. The van der Waals surface area contributed by atoms with Crippen LogP contribution >= 0.6 is 0 Å². The Balaban J connectivity index is 3.08. The predicted molar refractivity (Wildman–Crippen MR) is 71.2 cm³/mol. The fraction of sp³-hybridized carbons (Fsp3) is 0.615. The summed E-state index contributed by atoms with van der Waals surface area (Å²) in [7, 11) is 0. The minimum absolute atomic E-state index is 0.251. The van der Waals surface area contributed by atoms with Gasteiger partial charge in [-0.3, -0.25) is 14.3 Å². The summed E-state index contributed by atoms with van der Waals surface area (Å²) in [6.45, 7) is 8.32. The summed E-state index contributed by atoms with van der Waals surface area (Å²) in [5, 5.41) is 13.2. The summed E-state index contributed by atoms with van der Waals surface area (Å²) in [4.78, 5) is 24.6. The number of carboxylic acid groups (broad SMARTS) is 1. The Labute approximate surface area is 113 Å². The predicted octanol–water partition coefficient (Wildman–Crippen LogP) is 1.46. The van der Waals surface area contributed by atoms with Crippen LogP contribution in [-0.2, 0) is 11.3 Å². The molecular formula is C13H21N3O3. The van der Waals surface area contributed by atoms with Crippen LogP contribution in [0.2, 0.25) is 0 Å². The third kappa shape index (κ3) is 3.33. The minimum atomic E-state index is -1.00. The van der Waals surface area contributed by atoms with Crippen LogP contribution in [0.1, 0.15) is 42.0 Å². The highest BCUT2D eigenvalue weighted by Crippen LogP contribution is 2.16. The van der Waals surface area contributed by atoms with Crippen molar-refractivity contribution in [3.8, 4) is 0 Å².